The minimum Gasteiger partial charge on any atom is -0.392 e. The number of hydrogen-bond donors (Lipinski definition) is 1. The highest BCUT2D eigenvalue weighted by Crippen LogP contribution is 2.25. The van der Waals surface area contributed by atoms with Crippen LogP contribution >= 0.6 is 0 Å². The fourth-order valence-corrected chi connectivity index (χ4v) is 2.46. The SMILES string of the molecule is CC1CCCN(c2ccccc2CO)CC1. The Labute approximate surface area is 97.9 Å². The lowest BCUT2D eigenvalue weighted by atomic mass is 10.0. The molecule has 1 atom stereocenters. The van der Waals surface area contributed by atoms with E-state index in [1.165, 1.54) is 24.9 Å². The summed E-state index contributed by atoms with van der Waals surface area (Å²) in [6.07, 6.45) is 3.86. The van der Waals surface area contributed by atoms with Crippen molar-refractivity contribution >= 4 is 5.69 Å². The monoisotopic (exact) mass is 219 g/mol. The van der Waals surface area contributed by atoms with Gasteiger partial charge in [0, 0.05) is 24.3 Å². The lowest BCUT2D eigenvalue weighted by Crippen LogP contribution is -2.25. The second kappa shape index (κ2) is 5.35. The van der Waals surface area contributed by atoms with Crippen molar-refractivity contribution in [2.75, 3.05) is 18.0 Å². The molecular weight excluding hydrogens is 198 g/mol. The summed E-state index contributed by atoms with van der Waals surface area (Å²) in [5, 5.41) is 9.34. The minimum absolute atomic E-state index is 0.141. The Hall–Kier alpha value is -1.02. The zero-order valence-corrected chi connectivity index (χ0v) is 10.0. The van der Waals surface area contributed by atoms with E-state index in [9.17, 15) is 5.11 Å². The van der Waals surface area contributed by atoms with Crippen LogP contribution in [0.15, 0.2) is 24.3 Å². The smallest absolute Gasteiger partial charge is 0.0702 e. The molecule has 0 bridgehead atoms. The Morgan fingerprint density at radius 1 is 1.25 bits per heavy atom. The lowest BCUT2D eigenvalue weighted by molar-refractivity contribution is 0.282. The van der Waals surface area contributed by atoms with Crippen molar-refractivity contribution in [2.24, 2.45) is 5.92 Å². The molecule has 0 saturated carbocycles. The van der Waals surface area contributed by atoms with Gasteiger partial charge >= 0.3 is 0 Å². The molecule has 88 valence electrons. The number of anilines is 1. The Bertz CT molecular complexity index is 337. The average Bonchev–Trinajstić information content (AvgIpc) is 2.54. The Balaban J connectivity index is 2.16. The fraction of sp³-hybridized carbons (Fsp3) is 0.571. The Kier molecular flexibility index (Phi) is 3.83. The maximum atomic E-state index is 9.34. The van der Waals surface area contributed by atoms with Gasteiger partial charge in [0.05, 0.1) is 6.61 Å². The van der Waals surface area contributed by atoms with Crippen molar-refractivity contribution in [3.63, 3.8) is 0 Å². The Morgan fingerprint density at radius 2 is 2.06 bits per heavy atom. The van der Waals surface area contributed by atoms with Gasteiger partial charge in [-0.2, -0.15) is 0 Å². The van der Waals surface area contributed by atoms with E-state index in [1.54, 1.807) is 0 Å². The van der Waals surface area contributed by atoms with E-state index in [2.05, 4.69) is 24.0 Å². The third-order valence-electron chi connectivity index (χ3n) is 3.52. The van der Waals surface area contributed by atoms with E-state index < -0.39 is 0 Å². The highest BCUT2D eigenvalue weighted by molar-refractivity contribution is 5.53. The summed E-state index contributed by atoms with van der Waals surface area (Å²) in [6.45, 7) is 4.73. The van der Waals surface area contributed by atoms with Crippen LogP contribution in [0.25, 0.3) is 0 Å². The molecule has 1 aromatic carbocycles. The number of benzene rings is 1. The molecule has 0 aromatic heterocycles. The molecule has 0 radical (unpaired) electrons. The second-order valence-corrected chi connectivity index (χ2v) is 4.81. The van der Waals surface area contributed by atoms with Crippen LogP contribution < -0.4 is 4.90 Å². The van der Waals surface area contributed by atoms with Gasteiger partial charge in [0.15, 0.2) is 0 Å². The summed E-state index contributed by atoms with van der Waals surface area (Å²) in [6, 6.07) is 8.20. The summed E-state index contributed by atoms with van der Waals surface area (Å²) in [7, 11) is 0. The molecular formula is C14H21NO. The van der Waals surface area contributed by atoms with Crippen molar-refractivity contribution in [3.05, 3.63) is 29.8 Å². The molecule has 0 amide bonds. The highest BCUT2D eigenvalue weighted by atomic mass is 16.3. The molecule has 2 nitrogen and oxygen atoms in total. The van der Waals surface area contributed by atoms with Crippen molar-refractivity contribution in [2.45, 2.75) is 32.8 Å². The molecule has 1 N–H and O–H groups in total. The van der Waals surface area contributed by atoms with Crippen LogP contribution in [-0.2, 0) is 6.61 Å². The maximum Gasteiger partial charge on any atom is 0.0702 e. The van der Waals surface area contributed by atoms with Gasteiger partial charge in [-0.1, -0.05) is 25.1 Å². The third-order valence-corrected chi connectivity index (χ3v) is 3.52. The minimum atomic E-state index is 0.141. The zero-order chi connectivity index (χ0) is 11.4. The number of hydrogen-bond acceptors (Lipinski definition) is 2. The summed E-state index contributed by atoms with van der Waals surface area (Å²) < 4.78 is 0. The van der Waals surface area contributed by atoms with E-state index in [4.69, 9.17) is 0 Å². The third kappa shape index (κ3) is 2.56. The van der Waals surface area contributed by atoms with Gasteiger partial charge in [-0.15, -0.1) is 0 Å². The molecule has 1 heterocycles. The van der Waals surface area contributed by atoms with Gasteiger partial charge in [0.2, 0.25) is 0 Å². The molecule has 1 aliphatic rings. The molecule has 16 heavy (non-hydrogen) atoms. The van der Waals surface area contributed by atoms with Crippen molar-refractivity contribution in [1.82, 2.24) is 0 Å². The summed E-state index contributed by atoms with van der Waals surface area (Å²) in [5.74, 6) is 0.839. The van der Waals surface area contributed by atoms with Crippen LogP contribution in [0.3, 0.4) is 0 Å². The first kappa shape index (κ1) is 11.5. The van der Waals surface area contributed by atoms with Crippen molar-refractivity contribution < 1.29 is 5.11 Å². The van der Waals surface area contributed by atoms with E-state index in [-0.39, 0.29) is 6.61 Å². The van der Waals surface area contributed by atoms with Crippen LogP contribution in [0.4, 0.5) is 5.69 Å². The summed E-state index contributed by atoms with van der Waals surface area (Å²) in [4.78, 5) is 2.43. The first-order valence-corrected chi connectivity index (χ1v) is 6.25. The highest BCUT2D eigenvalue weighted by Gasteiger charge is 2.15. The van der Waals surface area contributed by atoms with Gasteiger partial charge in [0.25, 0.3) is 0 Å². The molecule has 1 unspecified atom stereocenters. The first-order valence-electron chi connectivity index (χ1n) is 6.25. The molecule has 1 fully saturated rings. The standard InChI is InChI=1S/C14H21NO/c1-12-5-4-9-15(10-8-12)14-7-3-2-6-13(14)11-16/h2-3,6-7,12,16H,4-5,8-11H2,1H3. The van der Waals surface area contributed by atoms with Gasteiger partial charge in [-0.3, -0.25) is 0 Å². The van der Waals surface area contributed by atoms with Gasteiger partial charge in [-0.05, 0) is 31.2 Å². The van der Waals surface area contributed by atoms with Crippen LogP contribution in [0.1, 0.15) is 31.7 Å². The predicted molar refractivity (Wildman–Crippen MR) is 67.6 cm³/mol. The van der Waals surface area contributed by atoms with Gasteiger partial charge in [0.1, 0.15) is 0 Å². The Morgan fingerprint density at radius 3 is 2.88 bits per heavy atom. The van der Waals surface area contributed by atoms with Crippen molar-refractivity contribution in [1.29, 1.82) is 0 Å². The molecule has 1 saturated heterocycles. The van der Waals surface area contributed by atoms with Crippen LogP contribution in [0.2, 0.25) is 0 Å². The van der Waals surface area contributed by atoms with Gasteiger partial charge < -0.3 is 10.0 Å². The molecule has 0 aliphatic carbocycles. The van der Waals surface area contributed by atoms with E-state index in [0.717, 1.165) is 24.6 Å². The second-order valence-electron chi connectivity index (χ2n) is 4.81. The molecule has 2 rings (SSSR count). The number of nitrogens with zero attached hydrogens (tertiary/aromatic N) is 1. The number of para-hydroxylation sites is 1. The fourth-order valence-electron chi connectivity index (χ4n) is 2.46. The summed E-state index contributed by atoms with van der Waals surface area (Å²) >= 11 is 0. The van der Waals surface area contributed by atoms with Crippen LogP contribution in [-0.4, -0.2) is 18.2 Å². The van der Waals surface area contributed by atoms with E-state index in [0.29, 0.717) is 0 Å². The summed E-state index contributed by atoms with van der Waals surface area (Å²) in [5.41, 5.74) is 2.27. The predicted octanol–water partition coefficient (Wildman–Crippen LogP) is 2.81. The zero-order valence-electron chi connectivity index (χ0n) is 10.0. The topological polar surface area (TPSA) is 23.5 Å². The van der Waals surface area contributed by atoms with Gasteiger partial charge in [-0.25, -0.2) is 0 Å². The largest absolute Gasteiger partial charge is 0.392 e. The quantitative estimate of drug-likeness (QED) is 0.826. The van der Waals surface area contributed by atoms with E-state index >= 15 is 0 Å². The number of rotatable bonds is 2. The normalized spacial score (nSPS) is 21.9. The molecule has 0 spiro atoms. The average molecular weight is 219 g/mol. The maximum absolute atomic E-state index is 9.34. The lowest BCUT2D eigenvalue weighted by Gasteiger charge is -2.25. The van der Waals surface area contributed by atoms with E-state index in [1.807, 2.05) is 12.1 Å². The van der Waals surface area contributed by atoms with Crippen molar-refractivity contribution in [3.8, 4) is 0 Å². The molecule has 1 aromatic rings. The van der Waals surface area contributed by atoms with Crippen LogP contribution in [0, 0.1) is 5.92 Å². The van der Waals surface area contributed by atoms with Crippen LogP contribution in [0.5, 0.6) is 0 Å². The molecule has 2 heteroatoms. The number of aliphatic hydroxyl groups excluding tert-OH is 1. The molecule has 1 aliphatic heterocycles. The first-order chi connectivity index (χ1) is 7.81. The number of aliphatic hydroxyl groups is 1.